The van der Waals surface area contributed by atoms with Crippen molar-refractivity contribution in [3.05, 3.63) is 12.2 Å². The number of allylic oxidation sites excluding steroid dienone is 2. The van der Waals surface area contributed by atoms with Gasteiger partial charge in [0.25, 0.3) is 0 Å². The molecule has 0 saturated heterocycles. The predicted octanol–water partition coefficient (Wildman–Crippen LogP) is 16.6. The molecule has 0 spiro atoms. The lowest BCUT2D eigenvalue weighted by molar-refractivity contribution is -0.167. The fraction of sp³-hybridized carbons (Fsp3) is 0.904. The fourth-order valence-electron chi connectivity index (χ4n) is 7.61. The zero-order chi connectivity index (χ0) is 42.3. The molecular formula is C52H98O6. The smallest absolute Gasteiger partial charge is 0.306 e. The van der Waals surface area contributed by atoms with E-state index < -0.39 is 6.10 Å². The van der Waals surface area contributed by atoms with Gasteiger partial charge >= 0.3 is 17.9 Å². The third kappa shape index (κ3) is 45.2. The Hall–Kier alpha value is -1.85. The maximum absolute atomic E-state index is 12.7. The van der Waals surface area contributed by atoms with E-state index in [0.29, 0.717) is 19.3 Å². The first-order valence-corrected chi connectivity index (χ1v) is 25.7. The summed E-state index contributed by atoms with van der Waals surface area (Å²) in [6, 6.07) is 0. The average Bonchev–Trinajstić information content (AvgIpc) is 3.22. The molecule has 1 unspecified atom stereocenters. The zero-order valence-electron chi connectivity index (χ0n) is 39.1. The van der Waals surface area contributed by atoms with Gasteiger partial charge in [-0.15, -0.1) is 0 Å². The summed E-state index contributed by atoms with van der Waals surface area (Å²) in [4.78, 5) is 37.7. The van der Waals surface area contributed by atoms with E-state index in [0.717, 1.165) is 57.8 Å². The second-order valence-corrected chi connectivity index (χ2v) is 17.4. The summed E-state index contributed by atoms with van der Waals surface area (Å²) in [6.07, 6.45) is 52.1. The highest BCUT2D eigenvalue weighted by atomic mass is 16.6. The molecule has 1 atom stereocenters. The molecule has 0 aliphatic rings. The van der Waals surface area contributed by atoms with Crippen LogP contribution in [0.5, 0.6) is 0 Å². The van der Waals surface area contributed by atoms with Gasteiger partial charge in [0.1, 0.15) is 13.2 Å². The Morgan fingerprint density at radius 3 is 0.862 bits per heavy atom. The van der Waals surface area contributed by atoms with E-state index in [-0.39, 0.29) is 31.1 Å². The third-order valence-electron chi connectivity index (χ3n) is 11.5. The molecule has 0 amide bonds. The molecule has 0 radical (unpaired) electrons. The zero-order valence-corrected chi connectivity index (χ0v) is 39.1. The number of rotatable bonds is 47. The highest BCUT2D eigenvalue weighted by Crippen LogP contribution is 2.16. The van der Waals surface area contributed by atoms with Gasteiger partial charge in [-0.3, -0.25) is 14.4 Å². The van der Waals surface area contributed by atoms with Crippen LogP contribution >= 0.6 is 0 Å². The van der Waals surface area contributed by atoms with Crippen LogP contribution in [0, 0.1) is 0 Å². The lowest BCUT2D eigenvalue weighted by atomic mass is 10.1. The Morgan fingerprint density at radius 1 is 0.328 bits per heavy atom. The van der Waals surface area contributed by atoms with Crippen LogP contribution in [0.2, 0.25) is 0 Å². The third-order valence-corrected chi connectivity index (χ3v) is 11.5. The van der Waals surface area contributed by atoms with Crippen molar-refractivity contribution in [2.24, 2.45) is 0 Å². The van der Waals surface area contributed by atoms with Gasteiger partial charge in [-0.25, -0.2) is 0 Å². The van der Waals surface area contributed by atoms with Gasteiger partial charge in [0.15, 0.2) is 6.10 Å². The second kappa shape index (κ2) is 47.8. The molecule has 0 aliphatic heterocycles. The maximum atomic E-state index is 12.7. The molecular weight excluding hydrogens is 721 g/mol. The van der Waals surface area contributed by atoms with Crippen molar-refractivity contribution in [1.29, 1.82) is 0 Å². The number of hydrogen-bond donors (Lipinski definition) is 0. The van der Waals surface area contributed by atoms with E-state index in [4.69, 9.17) is 14.2 Å². The van der Waals surface area contributed by atoms with Gasteiger partial charge in [-0.2, -0.15) is 0 Å². The van der Waals surface area contributed by atoms with Crippen LogP contribution in [0.4, 0.5) is 0 Å². The summed E-state index contributed by atoms with van der Waals surface area (Å²) >= 11 is 0. The number of hydrogen-bond acceptors (Lipinski definition) is 6. The lowest BCUT2D eigenvalue weighted by Gasteiger charge is -2.18. The topological polar surface area (TPSA) is 78.9 Å². The van der Waals surface area contributed by atoms with E-state index in [1.54, 1.807) is 0 Å². The average molecular weight is 819 g/mol. The van der Waals surface area contributed by atoms with Crippen molar-refractivity contribution >= 4 is 17.9 Å². The van der Waals surface area contributed by atoms with Gasteiger partial charge in [-0.05, 0) is 44.9 Å². The van der Waals surface area contributed by atoms with E-state index in [9.17, 15) is 14.4 Å². The fourth-order valence-corrected chi connectivity index (χ4v) is 7.61. The summed E-state index contributed by atoms with van der Waals surface area (Å²) in [5.41, 5.74) is 0. The Balaban J connectivity index is 4.16. The molecule has 6 nitrogen and oxygen atoms in total. The number of ether oxygens (including phenoxy) is 3. The summed E-state index contributed by atoms with van der Waals surface area (Å²) in [5.74, 6) is -0.860. The molecule has 0 aromatic heterocycles. The molecule has 342 valence electrons. The first-order chi connectivity index (χ1) is 28.5. The molecule has 0 aliphatic carbocycles. The maximum Gasteiger partial charge on any atom is 0.306 e. The largest absolute Gasteiger partial charge is 0.462 e. The van der Waals surface area contributed by atoms with Crippen LogP contribution in [0.1, 0.15) is 284 Å². The van der Waals surface area contributed by atoms with Gasteiger partial charge in [0.2, 0.25) is 0 Å². The van der Waals surface area contributed by atoms with Crippen molar-refractivity contribution in [3.63, 3.8) is 0 Å². The lowest BCUT2D eigenvalue weighted by Crippen LogP contribution is -2.30. The van der Waals surface area contributed by atoms with Crippen LogP contribution in [0.15, 0.2) is 12.2 Å². The van der Waals surface area contributed by atoms with Crippen molar-refractivity contribution in [1.82, 2.24) is 0 Å². The Morgan fingerprint density at radius 2 is 0.569 bits per heavy atom. The van der Waals surface area contributed by atoms with E-state index >= 15 is 0 Å². The molecule has 0 aromatic rings. The summed E-state index contributed by atoms with van der Waals surface area (Å²) in [5, 5.41) is 0. The van der Waals surface area contributed by atoms with Crippen molar-refractivity contribution < 1.29 is 28.6 Å². The monoisotopic (exact) mass is 819 g/mol. The Bertz CT molecular complexity index is 900. The van der Waals surface area contributed by atoms with E-state index in [2.05, 4.69) is 32.9 Å². The predicted molar refractivity (Wildman–Crippen MR) is 247 cm³/mol. The minimum Gasteiger partial charge on any atom is -0.462 e. The molecule has 0 bridgehead atoms. The number of unbranched alkanes of at least 4 members (excludes halogenated alkanes) is 34. The van der Waals surface area contributed by atoms with E-state index in [1.807, 2.05) is 0 Å². The summed E-state index contributed by atoms with van der Waals surface area (Å²) in [6.45, 7) is 6.63. The van der Waals surface area contributed by atoms with Crippen molar-refractivity contribution in [3.8, 4) is 0 Å². The van der Waals surface area contributed by atoms with Crippen molar-refractivity contribution in [2.45, 2.75) is 290 Å². The quantitative estimate of drug-likeness (QED) is 0.0263. The highest BCUT2D eigenvalue weighted by Gasteiger charge is 2.19. The Kier molecular flexibility index (Phi) is 46.3. The Labute approximate surface area is 360 Å². The normalized spacial score (nSPS) is 12.0. The van der Waals surface area contributed by atoms with Crippen LogP contribution < -0.4 is 0 Å². The van der Waals surface area contributed by atoms with Crippen LogP contribution in [0.25, 0.3) is 0 Å². The number of carbonyl (C=O) groups is 3. The summed E-state index contributed by atoms with van der Waals surface area (Å²) in [7, 11) is 0. The molecule has 0 heterocycles. The SMILES string of the molecule is CCCCCCCCCC/C=C\CCCCCCCCCCCC(=O)OCC(COC(=O)CCCCCCCCCC)OC(=O)CCCCCCCCCCCCC. The first-order valence-electron chi connectivity index (χ1n) is 25.7. The summed E-state index contributed by atoms with van der Waals surface area (Å²) < 4.78 is 16.7. The van der Waals surface area contributed by atoms with Gasteiger partial charge in [0.05, 0.1) is 0 Å². The number of esters is 3. The molecule has 0 fully saturated rings. The minimum atomic E-state index is -0.762. The molecule has 0 saturated carbocycles. The standard InChI is InChI=1S/C52H98O6/c1-4-7-10-13-16-19-21-22-23-24-25-26-27-28-29-30-32-33-36-39-42-45-51(54)57-48-49(47-56-50(53)44-41-38-35-18-15-12-9-6-3)58-52(55)46-43-40-37-34-31-20-17-14-11-8-5-2/h24-25,49H,4-23,26-48H2,1-3H3/b25-24-. The molecule has 0 aromatic carbocycles. The van der Waals surface area contributed by atoms with Crippen LogP contribution in [0.3, 0.4) is 0 Å². The van der Waals surface area contributed by atoms with Gasteiger partial charge in [-0.1, -0.05) is 232 Å². The molecule has 0 rings (SSSR count). The first kappa shape index (κ1) is 56.1. The van der Waals surface area contributed by atoms with Crippen LogP contribution in [-0.2, 0) is 28.6 Å². The number of carbonyl (C=O) groups excluding carboxylic acids is 3. The minimum absolute atomic E-state index is 0.0663. The van der Waals surface area contributed by atoms with Crippen molar-refractivity contribution in [2.75, 3.05) is 13.2 Å². The molecule has 58 heavy (non-hydrogen) atoms. The van der Waals surface area contributed by atoms with Gasteiger partial charge < -0.3 is 14.2 Å². The molecule has 0 N–H and O–H groups in total. The highest BCUT2D eigenvalue weighted by molar-refractivity contribution is 5.71. The van der Waals surface area contributed by atoms with Gasteiger partial charge in [0, 0.05) is 19.3 Å². The van der Waals surface area contributed by atoms with E-state index in [1.165, 1.54) is 186 Å². The van der Waals surface area contributed by atoms with Crippen LogP contribution in [-0.4, -0.2) is 37.2 Å². The molecule has 6 heteroatoms. The second-order valence-electron chi connectivity index (χ2n) is 17.4.